The second-order valence-electron chi connectivity index (χ2n) is 12.1. The van der Waals surface area contributed by atoms with Crippen molar-refractivity contribution in [2.45, 2.75) is 103 Å². The van der Waals surface area contributed by atoms with Crippen molar-refractivity contribution >= 4 is 0 Å². The minimum absolute atomic E-state index is 0.160. The first-order valence-corrected chi connectivity index (χ1v) is 12.8. The average Bonchev–Trinajstić information content (AvgIpc) is 3.30. The van der Waals surface area contributed by atoms with Gasteiger partial charge in [0.05, 0.1) is 23.9 Å². The Morgan fingerprint density at radius 2 is 1.97 bits per heavy atom. The number of fused-ring (bicyclic) bond motifs is 1. The van der Waals surface area contributed by atoms with E-state index in [1.165, 1.54) is 31.3 Å². The third kappa shape index (κ3) is 4.66. The van der Waals surface area contributed by atoms with Crippen molar-refractivity contribution in [2.75, 3.05) is 6.61 Å². The molecule has 4 heteroatoms. The van der Waals surface area contributed by atoms with Gasteiger partial charge in [0, 0.05) is 12.5 Å². The molecule has 0 aromatic rings. The lowest BCUT2D eigenvalue weighted by molar-refractivity contribution is -0.00225. The second-order valence-corrected chi connectivity index (χ2v) is 12.1. The van der Waals surface area contributed by atoms with Gasteiger partial charge in [0.25, 0.3) is 0 Å². The summed E-state index contributed by atoms with van der Waals surface area (Å²) in [4.78, 5) is 0. The Bertz CT molecular complexity index is 775. The molecule has 4 nitrogen and oxygen atoms in total. The molecule has 0 bridgehead atoms. The predicted molar refractivity (Wildman–Crippen MR) is 128 cm³/mol. The Morgan fingerprint density at radius 1 is 1.22 bits per heavy atom. The largest absolute Gasteiger partial charge is 0.392 e. The molecule has 8 atom stereocenters. The summed E-state index contributed by atoms with van der Waals surface area (Å²) in [6, 6.07) is 0. The Morgan fingerprint density at radius 3 is 2.69 bits per heavy atom. The number of allylic oxidation sites excluding steroid dienone is 3. The molecule has 3 aliphatic carbocycles. The van der Waals surface area contributed by atoms with E-state index in [0.29, 0.717) is 30.3 Å². The van der Waals surface area contributed by atoms with Crippen LogP contribution >= 0.6 is 0 Å². The predicted octanol–water partition coefficient (Wildman–Crippen LogP) is 4.94. The third-order valence-corrected chi connectivity index (χ3v) is 9.19. The van der Waals surface area contributed by atoms with Crippen LogP contribution in [0.25, 0.3) is 0 Å². The van der Waals surface area contributed by atoms with Gasteiger partial charge < -0.3 is 20.1 Å². The highest BCUT2D eigenvalue weighted by Gasteiger charge is 2.53. The van der Waals surface area contributed by atoms with Crippen LogP contribution in [0.15, 0.2) is 35.5 Å². The molecule has 1 heterocycles. The number of hydrogen-bond acceptors (Lipinski definition) is 4. The monoisotopic (exact) mass is 444 g/mol. The maximum Gasteiger partial charge on any atom is 0.0837 e. The first-order valence-electron chi connectivity index (χ1n) is 12.8. The lowest BCUT2D eigenvalue weighted by atomic mass is 9.62. The summed E-state index contributed by atoms with van der Waals surface area (Å²) in [7, 11) is 0. The lowest BCUT2D eigenvalue weighted by Gasteiger charge is -2.44. The van der Waals surface area contributed by atoms with Crippen molar-refractivity contribution in [3.8, 4) is 0 Å². The fraction of sp³-hybridized carbons (Fsp3) is 0.786. The first kappa shape index (κ1) is 24.2. The fourth-order valence-corrected chi connectivity index (χ4v) is 7.39. The Kier molecular flexibility index (Phi) is 6.82. The molecule has 3 saturated carbocycles. The maximum absolute atomic E-state index is 10.4. The van der Waals surface area contributed by atoms with Gasteiger partial charge >= 0.3 is 0 Å². The number of aliphatic hydroxyl groups excluding tert-OH is 2. The van der Waals surface area contributed by atoms with E-state index < -0.39 is 17.8 Å². The van der Waals surface area contributed by atoms with Crippen LogP contribution in [0.4, 0.5) is 0 Å². The van der Waals surface area contributed by atoms with Gasteiger partial charge in [0.15, 0.2) is 0 Å². The number of rotatable bonds is 4. The summed E-state index contributed by atoms with van der Waals surface area (Å²) in [6.07, 6.45) is 12.1. The van der Waals surface area contributed by atoms with Crippen molar-refractivity contribution in [3.63, 3.8) is 0 Å². The highest BCUT2D eigenvalue weighted by Crippen LogP contribution is 2.60. The third-order valence-electron chi connectivity index (χ3n) is 9.19. The van der Waals surface area contributed by atoms with Gasteiger partial charge in [0.1, 0.15) is 0 Å². The molecular weight excluding hydrogens is 400 g/mol. The molecule has 0 radical (unpaired) electrons. The number of hydrogen-bond donors (Lipinski definition) is 3. The molecule has 0 unspecified atom stereocenters. The van der Waals surface area contributed by atoms with E-state index in [4.69, 9.17) is 4.74 Å². The Hall–Kier alpha value is -0.940. The number of ether oxygens (including phenoxy) is 1. The molecule has 180 valence electrons. The molecule has 0 spiro atoms. The molecule has 0 aromatic carbocycles. The summed E-state index contributed by atoms with van der Waals surface area (Å²) in [5.74, 6) is 1.47. The topological polar surface area (TPSA) is 69.9 Å². The zero-order valence-corrected chi connectivity index (χ0v) is 20.5. The van der Waals surface area contributed by atoms with Gasteiger partial charge in [-0.2, -0.15) is 0 Å². The average molecular weight is 445 g/mol. The van der Waals surface area contributed by atoms with E-state index in [9.17, 15) is 15.3 Å². The highest BCUT2D eigenvalue weighted by molar-refractivity contribution is 5.39. The maximum atomic E-state index is 10.4. The van der Waals surface area contributed by atoms with E-state index in [-0.39, 0.29) is 11.3 Å². The quantitative estimate of drug-likeness (QED) is 0.574. The van der Waals surface area contributed by atoms with E-state index in [1.807, 2.05) is 20.8 Å². The van der Waals surface area contributed by atoms with Crippen molar-refractivity contribution in [2.24, 2.45) is 29.1 Å². The fourth-order valence-electron chi connectivity index (χ4n) is 7.39. The van der Waals surface area contributed by atoms with E-state index in [2.05, 4.69) is 25.7 Å². The molecule has 4 aliphatic rings. The molecule has 3 N–H and O–H groups in total. The van der Waals surface area contributed by atoms with Crippen molar-refractivity contribution in [1.29, 1.82) is 0 Å². The highest BCUT2D eigenvalue weighted by atomic mass is 16.5. The van der Waals surface area contributed by atoms with E-state index in [0.717, 1.165) is 37.0 Å². The molecule has 0 amide bonds. The zero-order chi connectivity index (χ0) is 23.3. The lowest BCUT2D eigenvalue weighted by Crippen LogP contribution is -2.38. The second kappa shape index (κ2) is 9.02. The molecule has 0 aromatic heterocycles. The Labute approximate surface area is 194 Å². The summed E-state index contributed by atoms with van der Waals surface area (Å²) in [6.45, 7) is 13.1. The van der Waals surface area contributed by atoms with Crippen LogP contribution in [-0.4, -0.2) is 45.8 Å². The van der Waals surface area contributed by atoms with Crippen LogP contribution in [0.1, 0.15) is 79.1 Å². The summed E-state index contributed by atoms with van der Waals surface area (Å²) in [5, 5.41) is 31.0. The normalized spacial score (nSPS) is 45.6. The van der Waals surface area contributed by atoms with Crippen molar-refractivity contribution in [1.82, 2.24) is 0 Å². The van der Waals surface area contributed by atoms with Crippen LogP contribution in [0.3, 0.4) is 0 Å². The minimum Gasteiger partial charge on any atom is -0.392 e. The van der Waals surface area contributed by atoms with Gasteiger partial charge in [-0.1, -0.05) is 38.2 Å². The minimum atomic E-state index is -0.660. The van der Waals surface area contributed by atoms with Crippen molar-refractivity contribution < 1.29 is 20.1 Å². The molecule has 32 heavy (non-hydrogen) atoms. The van der Waals surface area contributed by atoms with Crippen molar-refractivity contribution in [3.05, 3.63) is 35.5 Å². The first-order chi connectivity index (χ1) is 15.0. The van der Waals surface area contributed by atoms with E-state index in [1.54, 1.807) is 0 Å². The van der Waals surface area contributed by atoms with Gasteiger partial charge in [-0.15, -0.1) is 0 Å². The van der Waals surface area contributed by atoms with Gasteiger partial charge in [-0.3, -0.25) is 0 Å². The Balaban J connectivity index is 1.48. The molecule has 1 aliphatic heterocycles. The van der Waals surface area contributed by atoms with Crippen LogP contribution in [0.5, 0.6) is 0 Å². The summed E-state index contributed by atoms with van der Waals surface area (Å²) >= 11 is 0. The SMILES string of the molecule is C=C1/C(=C\C=C2/CCC[C@]3(C)[C@@H]([C@@H]4C[C@H](CC(C)(C)O)CO4)CC[C@@H]23)C[C@@H](O)[C@H](C)[C@@H]1O. The zero-order valence-electron chi connectivity index (χ0n) is 20.5. The standard InChI is InChI=1S/C28H44O4/c1-17-21(14-24(29)18(2)26(17)30)9-8-20-7-6-12-28(5)22(20)10-11-23(28)25-13-19(16-32-25)15-27(3,4)31/h8-9,18-19,22-26,29-31H,1,6-7,10-16H2,2-5H3/b20-8+,21-9-/t18-,19+,22-,23+,24+,25-,26+,28-/m0/s1. The smallest absolute Gasteiger partial charge is 0.0837 e. The van der Waals surface area contributed by atoms with E-state index >= 15 is 0 Å². The molecular formula is C28H44O4. The van der Waals surface area contributed by atoms with Gasteiger partial charge in [-0.25, -0.2) is 0 Å². The van der Waals surface area contributed by atoms with Crippen LogP contribution in [0.2, 0.25) is 0 Å². The molecule has 1 saturated heterocycles. The van der Waals surface area contributed by atoms with Crippen LogP contribution in [0, 0.1) is 29.1 Å². The number of aliphatic hydroxyl groups is 3. The van der Waals surface area contributed by atoms with Crippen LogP contribution < -0.4 is 0 Å². The molecule has 4 fully saturated rings. The molecule has 4 rings (SSSR count). The van der Waals surface area contributed by atoms with Gasteiger partial charge in [-0.05, 0) is 99.5 Å². The summed E-state index contributed by atoms with van der Waals surface area (Å²) in [5.41, 5.74) is 2.93. The van der Waals surface area contributed by atoms with Crippen LogP contribution in [-0.2, 0) is 4.74 Å². The van der Waals surface area contributed by atoms with Gasteiger partial charge in [0.2, 0.25) is 0 Å². The summed E-state index contributed by atoms with van der Waals surface area (Å²) < 4.78 is 6.34.